The van der Waals surface area contributed by atoms with Gasteiger partial charge in [-0.1, -0.05) is 51.2 Å². The first-order valence-corrected chi connectivity index (χ1v) is 11.8. The molecule has 3 rings (SSSR count). The molecule has 0 fully saturated rings. The number of aromatic nitrogens is 1. The van der Waals surface area contributed by atoms with Crippen LogP contribution in [0.25, 0.3) is 22.4 Å². The molecule has 0 unspecified atom stereocenters. The minimum atomic E-state index is 0.170. The van der Waals surface area contributed by atoms with Crippen LogP contribution in [0.2, 0.25) is 0 Å². The number of hydrogen-bond acceptors (Lipinski definition) is 6. The molecular formula is C28H33N3O3. The molecular weight excluding hydrogens is 426 g/mol. The van der Waals surface area contributed by atoms with Crippen LogP contribution in [0.5, 0.6) is 17.2 Å². The number of nitrogens with two attached hydrogens (primary N) is 1. The van der Waals surface area contributed by atoms with E-state index in [1.165, 1.54) is 32.1 Å². The minimum Gasteiger partial charge on any atom is -0.497 e. The van der Waals surface area contributed by atoms with Gasteiger partial charge in [0.2, 0.25) is 0 Å². The van der Waals surface area contributed by atoms with Crippen molar-refractivity contribution in [2.45, 2.75) is 45.4 Å². The van der Waals surface area contributed by atoms with Gasteiger partial charge >= 0.3 is 0 Å². The SMILES string of the molecule is CCCCCCCCOc1ccc(-c2cc(-c3cc(OC)ccc3OC)nc(N)c2C#N)cc1. The summed E-state index contributed by atoms with van der Waals surface area (Å²) in [7, 11) is 3.21. The van der Waals surface area contributed by atoms with Crippen molar-refractivity contribution in [1.82, 2.24) is 4.98 Å². The highest BCUT2D eigenvalue weighted by Crippen LogP contribution is 2.37. The lowest BCUT2D eigenvalue weighted by Gasteiger charge is -2.14. The fourth-order valence-electron chi connectivity index (χ4n) is 3.87. The van der Waals surface area contributed by atoms with Crippen LogP contribution in [-0.4, -0.2) is 25.8 Å². The summed E-state index contributed by atoms with van der Waals surface area (Å²) >= 11 is 0. The van der Waals surface area contributed by atoms with Gasteiger partial charge in [-0.25, -0.2) is 4.98 Å². The van der Waals surface area contributed by atoms with Crippen molar-refractivity contribution in [3.8, 4) is 45.7 Å². The highest BCUT2D eigenvalue weighted by molar-refractivity contribution is 5.82. The average molecular weight is 460 g/mol. The molecule has 0 atom stereocenters. The van der Waals surface area contributed by atoms with Crippen LogP contribution < -0.4 is 19.9 Å². The van der Waals surface area contributed by atoms with Crippen LogP contribution in [-0.2, 0) is 0 Å². The molecule has 0 radical (unpaired) electrons. The number of benzene rings is 2. The summed E-state index contributed by atoms with van der Waals surface area (Å²) in [6, 6.07) is 17.3. The zero-order valence-electron chi connectivity index (χ0n) is 20.3. The highest BCUT2D eigenvalue weighted by atomic mass is 16.5. The zero-order chi connectivity index (χ0) is 24.3. The quantitative estimate of drug-likeness (QED) is 0.306. The van der Waals surface area contributed by atoms with Crippen LogP contribution >= 0.6 is 0 Å². The van der Waals surface area contributed by atoms with Crippen LogP contribution in [0, 0.1) is 11.3 Å². The van der Waals surface area contributed by atoms with E-state index in [0.717, 1.165) is 23.3 Å². The normalized spacial score (nSPS) is 10.5. The molecule has 1 heterocycles. The number of unbranched alkanes of at least 4 members (excludes halogenated alkanes) is 5. The van der Waals surface area contributed by atoms with E-state index < -0.39 is 0 Å². The van der Waals surface area contributed by atoms with Gasteiger partial charge in [0.25, 0.3) is 0 Å². The number of methoxy groups -OCH3 is 2. The lowest BCUT2D eigenvalue weighted by molar-refractivity contribution is 0.304. The second kappa shape index (κ2) is 12.5. The standard InChI is InChI=1S/C28H33N3O3/c1-4-5-6-7-8-9-16-34-21-12-10-20(11-13-21)23-18-26(31-28(30)25(23)19-29)24-17-22(32-2)14-15-27(24)33-3/h10-15,17-18H,4-9,16H2,1-3H3,(H2,30,31). The predicted octanol–water partition coefficient (Wildman–Crippen LogP) is 6.63. The Kier molecular flexibility index (Phi) is 9.16. The van der Waals surface area contributed by atoms with Crippen LogP contribution in [0.15, 0.2) is 48.5 Å². The third-order valence-electron chi connectivity index (χ3n) is 5.77. The van der Waals surface area contributed by atoms with Gasteiger partial charge in [-0.15, -0.1) is 0 Å². The molecule has 0 amide bonds. The Bertz CT molecular complexity index is 1120. The van der Waals surface area contributed by atoms with E-state index in [4.69, 9.17) is 19.9 Å². The summed E-state index contributed by atoms with van der Waals surface area (Å²) in [4.78, 5) is 4.47. The maximum absolute atomic E-state index is 9.74. The largest absolute Gasteiger partial charge is 0.497 e. The molecule has 1 aromatic heterocycles. The van der Waals surface area contributed by atoms with E-state index in [2.05, 4.69) is 18.0 Å². The molecule has 0 saturated heterocycles. The lowest BCUT2D eigenvalue weighted by Crippen LogP contribution is -2.01. The number of pyridine rings is 1. The second-order valence-corrected chi connectivity index (χ2v) is 8.13. The van der Waals surface area contributed by atoms with Crippen LogP contribution in [0.4, 0.5) is 5.82 Å². The van der Waals surface area contributed by atoms with Gasteiger partial charge in [0, 0.05) is 11.1 Å². The second-order valence-electron chi connectivity index (χ2n) is 8.13. The molecule has 0 aliphatic heterocycles. The third kappa shape index (κ3) is 6.20. The molecule has 2 N–H and O–H groups in total. The van der Waals surface area contributed by atoms with Gasteiger partial charge in [0.05, 0.1) is 26.5 Å². The smallest absolute Gasteiger partial charge is 0.142 e. The van der Waals surface area contributed by atoms with E-state index in [0.29, 0.717) is 34.9 Å². The number of ether oxygens (including phenoxy) is 3. The van der Waals surface area contributed by atoms with E-state index in [-0.39, 0.29) is 5.82 Å². The van der Waals surface area contributed by atoms with Crippen molar-refractivity contribution in [3.05, 3.63) is 54.1 Å². The molecule has 6 heteroatoms. The Morgan fingerprint density at radius 2 is 1.56 bits per heavy atom. The summed E-state index contributed by atoms with van der Waals surface area (Å²) in [5.74, 6) is 2.30. The molecule has 0 saturated carbocycles. The van der Waals surface area contributed by atoms with E-state index in [1.54, 1.807) is 14.2 Å². The van der Waals surface area contributed by atoms with Crippen molar-refractivity contribution in [2.24, 2.45) is 0 Å². The first-order valence-electron chi connectivity index (χ1n) is 11.8. The molecule has 0 bridgehead atoms. The van der Waals surface area contributed by atoms with Gasteiger partial charge in [0.15, 0.2) is 0 Å². The number of hydrogen-bond donors (Lipinski definition) is 1. The highest BCUT2D eigenvalue weighted by Gasteiger charge is 2.16. The number of nitrogens with zero attached hydrogens (tertiary/aromatic N) is 2. The Morgan fingerprint density at radius 1 is 0.853 bits per heavy atom. The van der Waals surface area contributed by atoms with Crippen molar-refractivity contribution in [3.63, 3.8) is 0 Å². The Labute approximate surface area is 202 Å². The molecule has 6 nitrogen and oxygen atoms in total. The minimum absolute atomic E-state index is 0.170. The maximum atomic E-state index is 9.74. The monoisotopic (exact) mass is 459 g/mol. The van der Waals surface area contributed by atoms with Crippen molar-refractivity contribution in [1.29, 1.82) is 5.26 Å². The number of rotatable bonds is 12. The Morgan fingerprint density at radius 3 is 2.24 bits per heavy atom. The molecule has 34 heavy (non-hydrogen) atoms. The van der Waals surface area contributed by atoms with E-state index >= 15 is 0 Å². The molecule has 0 spiro atoms. The molecule has 0 aliphatic rings. The first-order chi connectivity index (χ1) is 16.6. The van der Waals surface area contributed by atoms with Crippen molar-refractivity contribution < 1.29 is 14.2 Å². The topological polar surface area (TPSA) is 90.4 Å². The lowest BCUT2D eigenvalue weighted by atomic mass is 9.98. The predicted molar refractivity (Wildman–Crippen MR) is 136 cm³/mol. The van der Waals surface area contributed by atoms with E-state index in [1.807, 2.05) is 48.5 Å². The average Bonchev–Trinajstić information content (AvgIpc) is 2.87. The van der Waals surface area contributed by atoms with Gasteiger partial charge in [-0.2, -0.15) is 5.26 Å². The summed E-state index contributed by atoms with van der Waals surface area (Å²) in [5, 5.41) is 9.74. The van der Waals surface area contributed by atoms with E-state index in [9.17, 15) is 5.26 Å². The van der Waals surface area contributed by atoms with Crippen LogP contribution in [0.3, 0.4) is 0 Å². The Hall–Kier alpha value is -3.72. The molecule has 2 aromatic carbocycles. The number of anilines is 1. The van der Waals surface area contributed by atoms with Crippen molar-refractivity contribution >= 4 is 5.82 Å². The van der Waals surface area contributed by atoms with Gasteiger partial charge < -0.3 is 19.9 Å². The van der Waals surface area contributed by atoms with Crippen molar-refractivity contribution in [2.75, 3.05) is 26.6 Å². The zero-order valence-corrected chi connectivity index (χ0v) is 20.3. The van der Waals surface area contributed by atoms with Gasteiger partial charge in [0.1, 0.15) is 34.7 Å². The third-order valence-corrected chi connectivity index (χ3v) is 5.77. The molecule has 0 aliphatic carbocycles. The summed E-state index contributed by atoms with van der Waals surface area (Å²) < 4.78 is 16.8. The maximum Gasteiger partial charge on any atom is 0.142 e. The first kappa shape index (κ1) is 24.9. The molecule has 178 valence electrons. The van der Waals surface area contributed by atoms with Crippen LogP contribution in [0.1, 0.15) is 51.0 Å². The summed E-state index contributed by atoms with van der Waals surface area (Å²) in [6.45, 7) is 2.93. The summed E-state index contributed by atoms with van der Waals surface area (Å²) in [5.41, 5.74) is 9.44. The Balaban J connectivity index is 1.82. The summed E-state index contributed by atoms with van der Waals surface area (Å²) in [6.07, 6.45) is 7.36. The number of nitriles is 1. The van der Waals surface area contributed by atoms with Gasteiger partial charge in [-0.3, -0.25) is 0 Å². The van der Waals surface area contributed by atoms with Gasteiger partial charge in [-0.05, 0) is 48.4 Å². The fourth-order valence-corrected chi connectivity index (χ4v) is 3.87. The molecule has 3 aromatic rings. The fraction of sp³-hybridized carbons (Fsp3) is 0.357. The number of nitrogen functional groups attached to an aromatic ring is 1.